The van der Waals surface area contributed by atoms with Crippen molar-refractivity contribution in [3.8, 4) is 11.1 Å². The minimum atomic E-state index is -0.838. The van der Waals surface area contributed by atoms with Crippen LogP contribution in [0.25, 0.3) is 11.1 Å². The van der Waals surface area contributed by atoms with E-state index in [1.165, 1.54) is 16.0 Å². The van der Waals surface area contributed by atoms with Crippen molar-refractivity contribution in [2.24, 2.45) is 0 Å². The fourth-order valence-corrected chi connectivity index (χ4v) is 4.20. The van der Waals surface area contributed by atoms with Gasteiger partial charge in [-0.3, -0.25) is 15.0 Å². The minimum Gasteiger partial charge on any atom is -0.481 e. The number of benzene rings is 3. The zero-order valence-corrected chi connectivity index (χ0v) is 24.0. The summed E-state index contributed by atoms with van der Waals surface area (Å²) in [7, 11) is 1.97. The minimum absolute atomic E-state index is 0.0142. The van der Waals surface area contributed by atoms with Gasteiger partial charge in [-0.25, -0.2) is 0 Å². The average molecular weight is 530 g/mol. The van der Waals surface area contributed by atoms with Crippen LogP contribution in [0.4, 0.5) is 0 Å². The number of carboxylic acid groups (broad SMARTS) is 1. The lowest BCUT2D eigenvalue weighted by Crippen LogP contribution is -2.28. The first-order valence-electron chi connectivity index (χ1n) is 13.5. The molecule has 0 spiro atoms. The predicted molar refractivity (Wildman–Crippen MR) is 160 cm³/mol. The van der Waals surface area contributed by atoms with Crippen LogP contribution in [0.3, 0.4) is 0 Å². The Morgan fingerprint density at radius 2 is 1.54 bits per heavy atom. The van der Waals surface area contributed by atoms with Crippen LogP contribution in [-0.4, -0.2) is 41.8 Å². The third kappa shape index (κ3) is 10.9. The van der Waals surface area contributed by atoms with Gasteiger partial charge in [0.15, 0.2) is 0 Å². The molecular formula is C33H43N3O3. The van der Waals surface area contributed by atoms with Crippen molar-refractivity contribution in [3.63, 3.8) is 0 Å². The average Bonchev–Trinajstić information content (AvgIpc) is 2.90. The lowest BCUT2D eigenvalue weighted by molar-refractivity contribution is -0.136. The van der Waals surface area contributed by atoms with Crippen LogP contribution in [-0.2, 0) is 34.4 Å². The quantitative estimate of drug-likeness (QED) is 0.151. The number of amidine groups is 1. The number of aryl methyl sites for hydroxylation is 1. The highest BCUT2D eigenvalue weighted by molar-refractivity contribution is 5.88. The zero-order valence-electron chi connectivity index (χ0n) is 24.0. The molecule has 1 amide bonds. The Labute approximate surface area is 233 Å². The second-order valence-corrected chi connectivity index (χ2v) is 10.6. The van der Waals surface area contributed by atoms with E-state index in [9.17, 15) is 9.59 Å². The molecule has 3 N–H and O–H groups in total. The van der Waals surface area contributed by atoms with E-state index in [1.807, 2.05) is 56.4 Å². The molecule has 0 heterocycles. The number of carbonyl (C=O) groups excluding carboxylic acids is 1. The van der Waals surface area contributed by atoms with Gasteiger partial charge in [0.1, 0.15) is 5.84 Å². The largest absolute Gasteiger partial charge is 0.481 e. The maximum Gasteiger partial charge on any atom is 0.307 e. The summed E-state index contributed by atoms with van der Waals surface area (Å²) in [5.41, 5.74) is 6.99. The van der Waals surface area contributed by atoms with Gasteiger partial charge in [0.05, 0.1) is 6.42 Å². The van der Waals surface area contributed by atoms with Gasteiger partial charge in [-0.15, -0.1) is 0 Å². The molecule has 0 aliphatic rings. The van der Waals surface area contributed by atoms with Gasteiger partial charge in [0.2, 0.25) is 6.41 Å². The number of amides is 1. The van der Waals surface area contributed by atoms with Crippen molar-refractivity contribution in [1.82, 2.24) is 10.2 Å². The second kappa shape index (κ2) is 15.6. The van der Waals surface area contributed by atoms with Crippen LogP contribution < -0.4 is 5.32 Å². The molecule has 0 aromatic heterocycles. The zero-order chi connectivity index (χ0) is 28.8. The van der Waals surface area contributed by atoms with Crippen LogP contribution in [0.2, 0.25) is 0 Å². The smallest absolute Gasteiger partial charge is 0.307 e. The molecule has 0 unspecified atom stereocenters. The third-order valence-electron chi connectivity index (χ3n) is 6.44. The SMILES string of the molecule is CCN(C=O)C(=N)CCCc1cccc(-c2cccc(CC(=O)O)c2)c1.CNCc1ccc(C(C)(C)C)cc1. The first kappa shape index (κ1) is 31.4. The molecule has 0 saturated heterocycles. The summed E-state index contributed by atoms with van der Waals surface area (Å²) in [6, 6.07) is 24.5. The maximum atomic E-state index is 10.9. The predicted octanol–water partition coefficient (Wildman–Crippen LogP) is 6.46. The first-order valence-corrected chi connectivity index (χ1v) is 13.5. The molecule has 6 nitrogen and oxygen atoms in total. The summed E-state index contributed by atoms with van der Waals surface area (Å²) in [5, 5.41) is 20.0. The molecule has 0 bridgehead atoms. The van der Waals surface area contributed by atoms with Crippen LogP contribution in [0.1, 0.15) is 62.8 Å². The lowest BCUT2D eigenvalue weighted by Gasteiger charge is -2.19. The Hall–Kier alpha value is -3.77. The first-order chi connectivity index (χ1) is 18.6. The molecule has 0 fully saturated rings. The molecule has 208 valence electrons. The molecule has 0 aliphatic heterocycles. The molecule has 0 saturated carbocycles. The van der Waals surface area contributed by atoms with Gasteiger partial charge in [-0.05, 0) is 65.6 Å². The van der Waals surface area contributed by atoms with Crippen LogP contribution in [0.15, 0.2) is 72.8 Å². The van der Waals surface area contributed by atoms with E-state index in [2.05, 4.69) is 56.4 Å². The van der Waals surface area contributed by atoms with Crippen LogP contribution in [0.5, 0.6) is 0 Å². The molecule has 3 aromatic carbocycles. The standard InChI is InChI=1S/C21H24N2O3.C12H19N/c1-2-23(15-24)20(22)11-5-7-16-6-3-9-18(12-16)19-10-4-8-17(13-19)14-21(25)26;1-12(2,3)11-7-5-10(6-8-11)9-13-4/h3-4,6,8-10,12-13,15,22H,2,5,7,11,14H2,1H3,(H,25,26);5-8,13H,9H2,1-4H3. The molecule has 3 rings (SSSR count). The summed E-state index contributed by atoms with van der Waals surface area (Å²) in [5.74, 6) is -0.491. The lowest BCUT2D eigenvalue weighted by atomic mass is 9.87. The fraction of sp³-hybridized carbons (Fsp3) is 0.364. The number of nitrogens with zero attached hydrogens (tertiary/aromatic N) is 1. The molecule has 0 atom stereocenters. The van der Waals surface area contributed by atoms with E-state index in [4.69, 9.17) is 10.5 Å². The van der Waals surface area contributed by atoms with E-state index in [-0.39, 0.29) is 11.8 Å². The molecular weight excluding hydrogens is 486 g/mol. The number of nitrogens with one attached hydrogen (secondary N) is 2. The van der Waals surface area contributed by atoms with E-state index >= 15 is 0 Å². The van der Waals surface area contributed by atoms with Crippen molar-refractivity contribution in [2.75, 3.05) is 13.6 Å². The Morgan fingerprint density at radius 3 is 2.05 bits per heavy atom. The van der Waals surface area contributed by atoms with Gasteiger partial charge < -0.3 is 15.3 Å². The van der Waals surface area contributed by atoms with Gasteiger partial charge in [0.25, 0.3) is 0 Å². The highest BCUT2D eigenvalue weighted by Gasteiger charge is 2.12. The van der Waals surface area contributed by atoms with Crippen molar-refractivity contribution in [1.29, 1.82) is 5.41 Å². The number of hydrogen-bond acceptors (Lipinski definition) is 4. The van der Waals surface area contributed by atoms with E-state index in [0.29, 0.717) is 25.2 Å². The normalized spacial score (nSPS) is 10.8. The van der Waals surface area contributed by atoms with Crippen molar-refractivity contribution >= 4 is 18.2 Å². The topological polar surface area (TPSA) is 93.5 Å². The third-order valence-corrected chi connectivity index (χ3v) is 6.44. The number of carboxylic acids is 1. The Kier molecular flexibility index (Phi) is 12.6. The Morgan fingerprint density at radius 1 is 0.949 bits per heavy atom. The summed E-state index contributed by atoms with van der Waals surface area (Å²) in [6.45, 7) is 10.0. The van der Waals surface area contributed by atoms with Crippen molar-refractivity contribution in [2.45, 2.75) is 65.3 Å². The summed E-state index contributed by atoms with van der Waals surface area (Å²) in [4.78, 5) is 23.2. The van der Waals surface area contributed by atoms with Gasteiger partial charge in [0, 0.05) is 19.5 Å². The van der Waals surface area contributed by atoms with E-state index in [0.717, 1.165) is 41.6 Å². The molecule has 6 heteroatoms. The second-order valence-electron chi connectivity index (χ2n) is 10.6. The number of carbonyl (C=O) groups is 2. The molecule has 39 heavy (non-hydrogen) atoms. The monoisotopic (exact) mass is 529 g/mol. The highest BCUT2D eigenvalue weighted by Crippen LogP contribution is 2.23. The van der Waals surface area contributed by atoms with Gasteiger partial charge >= 0.3 is 5.97 Å². The number of aliphatic carboxylic acids is 1. The van der Waals surface area contributed by atoms with Crippen molar-refractivity contribution in [3.05, 3.63) is 95.1 Å². The molecule has 0 aliphatic carbocycles. The van der Waals surface area contributed by atoms with E-state index in [1.54, 1.807) is 0 Å². The van der Waals surface area contributed by atoms with E-state index < -0.39 is 5.97 Å². The van der Waals surface area contributed by atoms with Crippen LogP contribution >= 0.6 is 0 Å². The summed E-state index contributed by atoms with van der Waals surface area (Å²) < 4.78 is 0. The maximum absolute atomic E-state index is 10.9. The Balaban J connectivity index is 0.000000344. The highest BCUT2D eigenvalue weighted by atomic mass is 16.4. The van der Waals surface area contributed by atoms with Gasteiger partial charge in [-0.1, -0.05) is 93.6 Å². The summed E-state index contributed by atoms with van der Waals surface area (Å²) >= 11 is 0. The molecule has 3 aromatic rings. The number of rotatable bonds is 11. The Bertz CT molecular complexity index is 1210. The molecule has 0 radical (unpaired) electrons. The van der Waals surface area contributed by atoms with Crippen molar-refractivity contribution < 1.29 is 14.7 Å². The van der Waals surface area contributed by atoms with Crippen LogP contribution in [0, 0.1) is 5.41 Å². The van der Waals surface area contributed by atoms with Gasteiger partial charge in [-0.2, -0.15) is 0 Å². The summed E-state index contributed by atoms with van der Waals surface area (Å²) in [6.07, 6.45) is 2.89. The fourth-order valence-electron chi connectivity index (χ4n) is 4.20. The number of hydrogen-bond donors (Lipinski definition) is 3.